The minimum absolute atomic E-state index is 0.0103. The molecule has 0 bridgehead atoms. The fraction of sp³-hybridized carbons (Fsp3) is 0.562. The van der Waals surface area contributed by atoms with Gasteiger partial charge in [0.1, 0.15) is 11.6 Å². The van der Waals surface area contributed by atoms with Gasteiger partial charge < -0.3 is 15.3 Å². The lowest BCUT2D eigenvalue weighted by molar-refractivity contribution is 0.0673. The number of rotatable bonds is 4. The molecule has 1 aromatic rings. The van der Waals surface area contributed by atoms with Crippen LogP contribution in [0.4, 0.5) is 4.39 Å². The second-order valence-electron chi connectivity index (χ2n) is 5.86. The van der Waals surface area contributed by atoms with Crippen LogP contribution in [0.15, 0.2) is 18.2 Å². The smallest absolute Gasteiger partial charge is 0.258 e. The molecule has 116 valence electrons. The van der Waals surface area contributed by atoms with E-state index in [0.717, 1.165) is 37.9 Å². The van der Waals surface area contributed by atoms with Crippen molar-refractivity contribution in [1.29, 1.82) is 0 Å². The molecule has 21 heavy (non-hydrogen) atoms. The maximum absolute atomic E-state index is 13.3. The zero-order valence-corrected chi connectivity index (χ0v) is 12.6. The number of phenolic OH excluding ortho intramolecular Hbond substituents is 1. The van der Waals surface area contributed by atoms with Crippen LogP contribution in [0, 0.1) is 5.82 Å². The molecule has 1 atom stereocenters. The number of aromatic hydroxyl groups is 1. The van der Waals surface area contributed by atoms with Gasteiger partial charge in [-0.1, -0.05) is 6.42 Å². The minimum Gasteiger partial charge on any atom is -0.507 e. The summed E-state index contributed by atoms with van der Waals surface area (Å²) in [5.74, 6) is -1.02. The maximum Gasteiger partial charge on any atom is 0.258 e. The Labute approximate surface area is 125 Å². The van der Waals surface area contributed by atoms with E-state index in [0.29, 0.717) is 6.54 Å². The van der Waals surface area contributed by atoms with Crippen LogP contribution in [0.25, 0.3) is 0 Å². The molecule has 1 aliphatic rings. The molecule has 2 N–H and O–H groups in total. The van der Waals surface area contributed by atoms with Crippen LogP contribution in [0.5, 0.6) is 5.75 Å². The maximum atomic E-state index is 13.3. The Morgan fingerprint density at radius 2 is 2.24 bits per heavy atom. The third-order valence-electron chi connectivity index (χ3n) is 3.90. The summed E-state index contributed by atoms with van der Waals surface area (Å²) in [4.78, 5) is 14.3. The minimum atomic E-state index is -0.518. The topological polar surface area (TPSA) is 52.6 Å². The van der Waals surface area contributed by atoms with Gasteiger partial charge in [0.25, 0.3) is 5.91 Å². The van der Waals surface area contributed by atoms with Gasteiger partial charge in [-0.2, -0.15) is 0 Å². The molecule has 0 aliphatic carbocycles. The van der Waals surface area contributed by atoms with Crippen LogP contribution >= 0.6 is 0 Å². The van der Waals surface area contributed by atoms with Crippen LogP contribution in [0.1, 0.15) is 43.5 Å². The molecule has 1 fully saturated rings. The quantitative estimate of drug-likeness (QED) is 0.897. The van der Waals surface area contributed by atoms with E-state index < -0.39 is 5.82 Å². The van der Waals surface area contributed by atoms with Crippen molar-refractivity contribution in [1.82, 2.24) is 10.2 Å². The van der Waals surface area contributed by atoms with Gasteiger partial charge >= 0.3 is 0 Å². The first kappa shape index (κ1) is 15.8. The molecule has 5 heteroatoms. The van der Waals surface area contributed by atoms with Gasteiger partial charge in [0.05, 0.1) is 5.56 Å². The van der Waals surface area contributed by atoms with Crippen LogP contribution in [0.2, 0.25) is 0 Å². The highest BCUT2D eigenvalue weighted by Crippen LogP contribution is 2.21. The Morgan fingerprint density at radius 3 is 2.86 bits per heavy atom. The summed E-state index contributed by atoms with van der Waals surface area (Å²) in [6.07, 6.45) is 3.35. The van der Waals surface area contributed by atoms with E-state index in [4.69, 9.17) is 0 Å². The summed E-state index contributed by atoms with van der Waals surface area (Å²) < 4.78 is 13.3. The zero-order valence-electron chi connectivity index (χ0n) is 12.6. The number of benzene rings is 1. The molecule has 1 saturated heterocycles. The molecule has 0 saturated carbocycles. The molecular formula is C16H23FN2O2. The van der Waals surface area contributed by atoms with Gasteiger partial charge in [-0.25, -0.2) is 4.39 Å². The van der Waals surface area contributed by atoms with Crippen LogP contribution < -0.4 is 5.32 Å². The second-order valence-corrected chi connectivity index (χ2v) is 5.86. The van der Waals surface area contributed by atoms with E-state index in [1.54, 1.807) is 4.90 Å². The number of nitrogens with one attached hydrogen (secondary N) is 1. The highest BCUT2D eigenvalue weighted by molar-refractivity contribution is 5.97. The number of nitrogens with zero attached hydrogens (tertiary/aromatic N) is 1. The summed E-state index contributed by atoms with van der Waals surface area (Å²) >= 11 is 0. The van der Waals surface area contributed by atoms with Gasteiger partial charge in [-0.05, 0) is 51.4 Å². The highest BCUT2D eigenvalue weighted by atomic mass is 19.1. The van der Waals surface area contributed by atoms with E-state index in [2.05, 4.69) is 5.32 Å². The monoisotopic (exact) mass is 294 g/mol. The summed E-state index contributed by atoms with van der Waals surface area (Å²) in [6, 6.07) is 3.72. The zero-order chi connectivity index (χ0) is 15.4. The number of carbonyl (C=O) groups excluding carboxylic acids is 1. The Hall–Kier alpha value is -1.62. The van der Waals surface area contributed by atoms with Crippen molar-refractivity contribution in [3.05, 3.63) is 29.6 Å². The lowest BCUT2D eigenvalue weighted by Crippen LogP contribution is -2.48. The Morgan fingerprint density at radius 1 is 1.48 bits per heavy atom. The number of hydrogen-bond donors (Lipinski definition) is 2. The van der Waals surface area contributed by atoms with E-state index >= 15 is 0 Å². The summed E-state index contributed by atoms with van der Waals surface area (Å²) in [5.41, 5.74) is 0.0273. The van der Waals surface area contributed by atoms with E-state index in [9.17, 15) is 14.3 Å². The SMILES string of the molecule is CC(C)N(CC1CCCCN1)C(=O)c1cc(F)ccc1O. The van der Waals surface area contributed by atoms with Crippen LogP contribution in [-0.2, 0) is 0 Å². The van der Waals surface area contributed by atoms with Crippen LogP contribution in [0.3, 0.4) is 0 Å². The third-order valence-corrected chi connectivity index (χ3v) is 3.90. The molecule has 1 unspecified atom stereocenters. The number of halogens is 1. The number of phenols is 1. The normalized spacial score (nSPS) is 18.8. The number of piperidine rings is 1. The summed E-state index contributed by atoms with van der Waals surface area (Å²) in [6.45, 7) is 5.40. The van der Waals surface area contributed by atoms with Crippen molar-refractivity contribution in [2.75, 3.05) is 13.1 Å². The van der Waals surface area contributed by atoms with Crippen molar-refractivity contribution in [2.45, 2.75) is 45.2 Å². The molecule has 2 rings (SSSR count). The van der Waals surface area contributed by atoms with Crippen molar-refractivity contribution in [3.63, 3.8) is 0 Å². The number of carbonyl (C=O) groups is 1. The average Bonchev–Trinajstić information content (AvgIpc) is 2.47. The third kappa shape index (κ3) is 3.94. The van der Waals surface area contributed by atoms with Crippen molar-refractivity contribution >= 4 is 5.91 Å². The first-order valence-electron chi connectivity index (χ1n) is 7.52. The fourth-order valence-corrected chi connectivity index (χ4v) is 2.68. The Balaban J connectivity index is 2.16. The largest absolute Gasteiger partial charge is 0.507 e. The van der Waals surface area contributed by atoms with Crippen molar-refractivity contribution in [3.8, 4) is 5.75 Å². The predicted octanol–water partition coefficient (Wildman–Crippen LogP) is 2.52. The van der Waals surface area contributed by atoms with Gasteiger partial charge in [0.15, 0.2) is 0 Å². The molecule has 4 nitrogen and oxygen atoms in total. The first-order chi connectivity index (χ1) is 9.99. The van der Waals surface area contributed by atoms with Gasteiger partial charge in [-0.3, -0.25) is 4.79 Å². The molecule has 0 aromatic heterocycles. The van der Waals surface area contributed by atoms with E-state index in [1.807, 2.05) is 13.8 Å². The molecular weight excluding hydrogens is 271 g/mol. The van der Waals surface area contributed by atoms with E-state index in [-0.39, 0.29) is 29.3 Å². The standard InChI is InChI=1S/C16H23FN2O2/c1-11(2)19(10-13-5-3-4-8-18-13)16(21)14-9-12(17)6-7-15(14)20/h6-7,9,11,13,18,20H,3-5,8,10H2,1-2H3. The molecule has 1 heterocycles. The highest BCUT2D eigenvalue weighted by Gasteiger charge is 2.25. The average molecular weight is 294 g/mol. The number of hydrogen-bond acceptors (Lipinski definition) is 3. The summed E-state index contributed by atoms with van der Waals surface area (Å²) in [5, 5.41) is 13.2. The van der Waals surface area contributed by atoms with Gasteiger partial charge in [0, 0.05) is 18.6 Å². The van der Waals surface area contributed by atoms with Crippen LogP contribution in [-0.4, -0.2) is 41.1 Å². The van der Waals surface area contributed by atoms with Crippen molar-refractivity contribution in [2.24, 2.45) is 0 Å². The Kier molecular flexibility index (Phi) is 5.17. The van der Waals surface area contributed by atoms with E-state index in [1.165, 1.54) is 6.07 Å². The molecule has 0 spiro atoms. The Bertz CT molecular complexity index is 499. The second kappa shape index (κ2) is 6.89. The lowest BCUT2D eigenvalue weighted by atomic mass is 10.0. The van der Waals surface area contributed by atoms with Gasteiger partial charge in [-0.15, -0.1) is 0 Å². The molecule has 0 radical (unpaired) electrons. The number of amides is 1. The fourth-order valence-electron chi connectivity index (χ4n) is 2.68. The molecule has 1 aromatic carbocycles. The first-order valence-corrected chi connectivity index (χ1v) is 7.52. The van der Waals surface area contributed by atoms with Crippen molar-refractivity contribution < 1.29 is 14.3 Å². The molecule has 1 amide bonds. The lowest BCUT2D eigenvalue weighted by Gasteiger charge is -2.33. The van der Waals surface area contributed by atoms with Gasteiger partial charge in [0.2, 0.25) is 0 Å². The summed E-state index contributed by atoms with van der Waals surface area (Å²) in [7, 11) is 0. The molecule has 1 aliphatic heterocycles. The predicted molar refractivity (Wildman–Crippen MR) is 79.9 cm³/mol.